The fourth-order valence-electron chi connectivity index (χ4n) is 3.17. The molecule has 2 rings (SSSR count). The first-order chi connectivity index (χ1) is 8.40. The van der Waals surface area contributed by atoms with Gasteiger partial charge < -0.3 is 9.74 Å². The highest BCUT2D eigenvalue weighted by Gasteiger charge is 2.24. The Hall–Kier alpha value is -0.590. The summed E-state index contributed by atoms with van der Waals surface area (Å²) in [7, 11) is 0. The van der Waals surface area contributed by atoms with Gasteiger partial charge in [0.05, 0.1) is 0 Å². The summed E-state index contributed by atoms with van der Waals surface area (Å²) in [5, 5.41) is 0. The predicted octanol–water partition coefficient (Wildman–Crippen LogP) is 2.25. The quantitative estimate of drug-likeness (QED) is 0.547. The van der Waals surface area contributed by atoms with Crippen LogP contribution in [0.4, 0.5) is 0 Å². The van der Waals surface area contributed by atoms with Gasteiger partial charge in [-0.05, 0) is 12.8 Å². The summed E-state index contributed by atoms with van der Waals surface area (Å²) in [6.45, 7) is 13.5. The lowest BCUT2D eigenvalue weighted by Gasteiger charge is -2.40. The zero-order valence-electron chi connectivity index (χ0n) is 10.9. The molecule has 0 unspecified atom stereocenters. The van der Waals surface area contributed by atoms with E-state index in [-0.39, 0.29) is 0 Å². The Morgan fingerprint density at radius 3 is 2.35 bits per heavy atom. The largest absolute Gasteiger partial charge is 0.317 e. The van der Waals surface area contributed by atoms with E-state index in [1.807, 2.05) is 0 Å². The highest BCUT2D eigenvalue weighted by Crippen LogP contribution is 2.23. The van der Waals surface area contributed by atoms with Gasteiger partial charge in [0.2, 0.25) is 6.54 Å². The van der Waals surface area contributed by atoms with Crippen LogP contribution in [-0.2, 0) is 0 Å². The lowest BCUT2D eigenvalue weighted by atomic mass is 9.94. The maximum atomic E-state index is 6.78. The molecule has 1 aliphatic carbocycles. The Kier molecular flexibility index (Phi) is 5.28. The highest BCUT2D eigenvalue weighted by atomic mass is 15.3. The number of hydrogen-bond donors (Lipinski definition) is 0. The van der Waals surface area contributed by atoms with Crippen molar-refractivity contribution in [3.05, 3.63) is 11.4 Å². The Morgan fingerprint density at radius 1 is 1.00 bits per heavy atom. The van der Waals surface area contributed by atoms with Crippen molar-refractivity contribution in [1.29, 1.82) is 0 Å². The average Bonchev–Trinajstić information content (AvgIpc) is 2.41. The van der Waals surface area contributed by atoms with E-state index in [1.165, 1.54) is 58.3 Å². The second-order valence-corrected chi connectivity index (χ2v) is 5.40. The summed E-state index contributed by atoms with van der Waals surface area (Å²) in [4.78, 5) is 8.67. The molecular weight excluding hydrogens is 210 g/mol. The molecule has 0 spiro atoms. The van der Waals surface area contributed by atoms with Gasteiger partial charge in [0.25, 0.3) is 0 Å². The van der Waals surface area contributed by atoms with Crippen LogP contribution in [0.1, 0.15) is 38.5 Å². The molecule has 2 aliphatic rings. The maximum absolute atomic E-state index is 6.78. The van der Waals surface area contributed by atoms with Crippen LogP contribution in [0, 0.1) is 6.57 Å². The normalized spacial score (nSPS) is 24.6. The lowest BCUT2D eigenvalue weighted by molar-refractivity contribution is 0.0790. The van der Waals surface area contributed by atoms with Gasteiger partial charge >= 0.3 is 0 Å². The van der Waals surface area contributed by atoms with Crippen LogP contribution in [-0.4, -0.2) is 55.1 Å². The number of piperazine rings is 1. The smallest absolute Gasteiger partial charge is 0.215 e. The van der Waals surface area contributed by atoms with E-state index in [9.17, 15) is 0 Å². The molecule has 0 N–H and O–H groups in total. The fraction of sp³-hybridized carbons (Fsp3) is 0.929. The molecule has 1 aliphatic heterocycles. The van der Waals surface area contributed by atoms with Gasteiger partial charge in [-0.2, -0.15) is 0 Å². The summed E-state index contributed by atoms with van der Waals surface area (Å²) in [6, 6.07) is 0.883. The molecule has 3 heteroatoms. The maximum Gasteiger partial charge on any atom is 0.215 e. The SMILES string of the molecule is [C-]#[N+]CCCN1CCN(C2CCCCC2)CC1. The Balaban J connectivity index is 1.65. The molecule has 17 heavy (non-hydrogen) atoms. The van der Waals surface area contributed by atoms with Crippen molar-refractivity contribution in [2.24, 2.45) is 0 Å². The molecule has 1 heterocycles. The van der Waals surface area contributed by atoms with E-state index < -0.39 is 0 Å². The fourth-order valence-corrected chi connectivity index (χ4v) is 3.17. The average molecular weight is 235 g/mol. The first-order valence-corrected chi connectivity index (χ1v) is 7.20. The summed E-state index contributed by atoms with van der Waals surface area (Å²) in [5.41, 5.74) is 0. The van der Waals surface area contributed by atoms with Gasteiger partial charge in [-0.25, -0.2) is 6.57 Å². The number of rotatable bonds is 4. The molecule has 0 radical (unpaired) electrons. The zero-order valence-corrected chi connectivity index (χ0v) is 10.9. The summed E-state index contributed by atoms with van der Waals surface area (Å²) >= 11 is 0. The number of nitrogens with zero attached hydrogens (tertiary/aromatic N) is 3. The van der Waals surface area contributed by atoms with Crippen LogP contribution in [0.15, 0.2) is 0 Å². The molecule has 3 nitrogen and oxygen atoms in total. The molecule has 1 saturated carbocycles. The minimum atomic E-state index is 0.697. The molecule has 0 aromatic carbocycles. The van der Waals surface area contributed by atoms with Crippen LogP contribution in [0.2, 0.25) is 0 Å². The molecule has 0 amide bonds. The van der Waals surface area contributed by atoms with E-state index in [0.29, 0.717) is 6.54 Å². The van der Waals surface area contributed by atoms with Gasteiger partial charge in [-0.15, -0.1) is 0 Å². The number of hydrogen-bond acceptors (Lipinski definition) is 2. The van der Waals surface area contributed by atoms with E-state index in [2.05, 4.69) is 14.6 Å². The molecule has 0 atom stereocenters. The summed E-state index contributed by atoms with van der Waals surface area (Å²) < 4.78 is 0. The molecule has 0 aromatic rings. The highest BCUT2D eigenvalue weighted by molar-refractivity contribution is 4.81. The van der Waals surface area contributed by atoms with Crippen molar-refractivity contribution in [3.8, 4) is 0 Å². The monoisotopic (exact) mass is 235 g/mol. The van der Waals surface area contributed by atoms with Gasteiger partial charge in [0, 0.05) is 45.2 Å². The first kappa shape index (κ1) is 12.9. The Morgan fingerprint density at radius 2 is 1.71 bits per heavy atom. The summed E-state index contributed by atoms with van der Waals surface area (Å²) in [6.07, 6.45) is 8.24. The topological polar surface area (TPSA) is 10.8 Å². The van der Waals surface area contributed by atoms with Gasteiger partial charge in [0.15, 0.2) is 0 Å². The zero-order chi connectivity index (χ0) is 11.9. The van der Waals surface area contributed by atoms with Crippen molar-refractivity contribution in [2.75, 3.05) is 39.3 Å². The van der Waals surface area contributed by atoms with Crippen molar-refractivity contribution >= 4 is 0 Å². The van der Waals surface area contributed by atoms with Crippen LogP contribution >= 0.6 is 0 Å². The third-order valence-electron chi connectivity index (χ3n) is 4.24. The van der Waals surface area contributed by atoms with Gasteiger partial charge in [-0.1, -0.05) is 19.3 Å². The van der Waals surface area contributed by atoms with E-state index in [0.717, 1.165) is 19.0 Å². The minimum Gasteiger partial charge on any atom is -0.317 e. The third-order valence-corrected chi connectivity index (χ3v) is 4.24. The van der Waals surface area contributed by atoms with E-state index >= 15 is 0 Å². The van der Waals surface area contributed by atoms with Crippen molar-refractivity contribution in [1.82, 2.24) is 9.80 Å². The van der Waals surface area contributed by atoms with Crippen molar-refractivity contribution in [3.63, 3.8) is 0 Å². The van der Waals surface area contributed by atoms with Crippen LogP contribution < -0.4 is 0 Å². The molecule has 2 fully saturated rings. The lowest BCUT2D eigenvalue weighted by Crippen LogP contribution is -2.50. The first-order valence-electron chi connectivity index (χ1n) is 7.20. The van der Waals surface area contributed by atoms with E-state index in [4.69, 9.17) is 6.57 Å². The predicted molar refractivity (Wildman–Crippen MR) is 71.0 cm³/mol. The minimum absolute atomic E-state index is 0.697. The van der Waals surface area contributed by atoms with Gasteiger partial charge in [0.1, 0.15) is 0 Å². The standard InChI is InChI=1S/C14H25N3/c1-15-8-5-9-16-10-12-17(13-11-16)14-6-3-2-4-7-14/h14H,2-13H2. The second kappa shape index (κ2) is 6.98. The van der Waals surface area contributed by atoms with Crippen molar-refractivity contribution < 1.29 is 0 Å². The molecule has 1 saturated heterocycles. The van der Waals surface area contributed by atoms with Crippen molar-refractivity contribution in [2.45, 2.75) is 44.6 Å². The van der Waals surface area contributed by atoms with E-state index in [1.54, 1.807) is 0 Å². The molecule has 0 aromatic heterocycles. The van der Waals surface area contributed by atoms with Crippen LogP contribution in [0.5, 0.6) is 0 Å². The Labute approximate surface area is 106 Å². The molecule has 96 valence electrons. The van der Waals surface area contributed by atoms with Crippen LogP contribution in [0.3, 0.4) is 0 Å². The van der Waals surface area contributed by atoms with Gasteiger partial charge in [-0.3, -0.25) is 4.90 Å². The molecule has 0 bridgehead atoms. The third kappa shape index (κ3) is 3.97. The second-order valence-electron chi connectivity index (χ2n) is 5.40. The summed E-state index contributed by atoms with van der Waals surface area (Å²) in [5.74, 6) is 0. The molecular formula is C14H25N3. The van der Waals surface area contributed by atoms with Crippen LogP contribution in [0.25, 0.3) is 4.85 Å². The Bertz CT molecular complexity index is 245.